The lowest BCUT2D eigenvalue weighted by Gasteiger charge is -2.48. The molecular weight excluding hydrogens is 250 g/mol. The topological polar surface area (TPSA) is 27.7 Å². The molecule has 0 spiro atoms. The predicted molar refractivity (Wildman–Crippen MR) is 82.0 cm³/mol. The van der Waals surface area contributed by atoms with Crippen molar-refractivity contribution >= 4 is 0 Å². The maximum atomic E-state index is 5.47. The molecule has 4 heteroatoms. The molecule has 3 rings (SSSR count). The fourth-order valence-electron chi connectivity index (χ4n) is 4.09. The fraction of sp³-hybridized carbons (Fsp3) is 1.00. The van der Waals surface area contributed by atoms with Gasteiger partial charge in [-0.05, 0) is 51.6 Å². The van der Waals surface area contributed by atoms with Gasteiger partial charge in [0.15, 0.2) is 0 Å². The van der Waals surface area contributed by atoms with Crippen LogP contribution in [0.5, 0.6) is 0 Å². The van der Waals surface area contributed by atoms with E-state index in [-0.39, 0.29) is 0 Å². The van der Waals surface area contributed by atoms with Crippen molar-refractivity contribution < 1.29 is 4.74 Å². The second-order valence-corrected chi connectivity index (χ2v) is 7.03. The summed E-state index contributed by atoms with van der Waals surface area (Å²) in [6.07, 6.45) is 6.87. The Labute approximate surface area is 123 Å². The zero-order valence-electron chi connectivity index (χ0n) is 13.2. The molecule has 3 atom stereocenters. The molecule has 1 aliphatic carbocycles. The van der Waals surface area contributed by atoms with Gasteiger partial charge in [0.05, 0.1) is 6.61 Å². The van der Waals surface area contributed by atoms with Crippen LogP contribution in [0.3, 0.4) is 0 Å². The van der Waals surface area contributed by atoms with Gasteiger partial charge in [-0.15, -0.1) is 0 Å². The van der Waals surface area contributed by atoms with Crippen LogP contribution in [0.15, 0.2) is 0 Å². The first kappa shape index (κ1) is 14.8. The first-order chi connectivity index (χ1) is 9.78. The van der Waals surface area contributed by atoms with Gasteiger partial charge in [0, 0.05) is 44.9 Å². The number of hydrogen-bond donors (Lipinski definition) is 1. The van der Waals surface area contributed by atoms with E-state index in [4.69, 9.17) is 4.74 Å². The van der Waals surface area contributed by atoms with E-state index < -0.39 is 0 Å². The van der Waals surface area contributed by atoms with Crippen LogP contribution in [0.4, 0.5) is 0 Å². The second-order valence-electron chi connectivity index (χ2n) is 7.03. The Hall–Kier alpha value is -0.160. The van der Waals surface area contributed by atoms with Crippen LogP contribution in [0.2, 0.25) is 0 Å². The Balaban J connectivity index is 1.54. The van der Waals surface area contributed by atoms with Crippen molar-refractivity contribution in [3.63, 3.8) is 0 Å². The molecule has 2 saturated heterocycles. The molecule has 1 saturated carbocycles. The van der Waals surface area contributed by atoms with Crippen LogP contribution < -0.4 is 5.32 Å². The third-order valence-electron chi connectivity index (χ3n) is 5.47. The summed E-state index contributed by atoms with van der Waals surface area (Å²) in [7, 11) is 4.15. The van der Waals surface area contributed by atoms with Gasteiger partial charge in [-0.25, -0.2) is 0 Å². The molecule has 0 radical (unpaired) electrons. The molecule has 0 bridgehead atoms. The molecule has 0 aromatic rings. The molecule has 0 aromatic heterocycles. The summed E-state index contributed by atoms with van der Waals surface area (Å²) in [5.74, 6) is 0.878. The van der Waals surface area contributed by atoms with Gasteiger partial charge >= 0.3 is 0 Å². The van der Waals surface area contributed by atoms with E-state index >= 15 is 0 Å². The van der Waals surface area contributed by atoms with Crippen molar-refractivity contribution in [3.05, 3.63) is 0 Å². The minimum absolute atomic E-state index is 0.564. The van der Waals surface area contributed by atoms with Crippen LogP contribution in [-0.2, 0) is 4.74 Å². The van der Waals surface area contributed by atoms with Crippen molar-refractivity contribution in [3.8, 4) is 0 Å². The molecule has 1 N–H and O–H groups in total. The lowest BCUT2D eigenvalue weighted by molar-refractivity contribution is 0.00142. The molecule has 3 fully saturated rings. The lowest BCUT2D eigenvalue weighted by atomic mass is 9.83. The van der Waals surface area contributed by atoms with Gasteiger partial charge in [0.1, 0.15) is 0 Å². The van der Waals surface area contributed by atoms with E-state index in [0.717, 1.165) is 31.2 Å². The average molecular weight is 281 g/mol. The number of hydrogen-bond acceptors (Lipinski definition) is 4. The maximum absolute atomic E-state index is 5.47. The van der Waals surface area contributed by atoms with E-state index in [2.05, 4.69) is 22.2 Å². The van der Waals surface area contributed by atoms with Crippen molar-refractivity contribution in [2.45, 2.75) is 50.2 Å². The smallest absolute Gasteiger partial charge is 0.0630 e. The number of nitrogens with one attached hydrogen (secondary N) is 1. The fourth-order valence-corrected chi connectivity index (χ4v) is 4.09. The monoisotopic (exact) mass is 281 g/mol. The zero-order chi connectivity index (χ0) is 13.9. The number of fused-ring (bicyclic) bond motifs is 1. The van der Waals surface area contributed by atoms with Gasteiger partial charge in [0.2, 0.25) is 0 Å². The number of likely N-dealkylation sites (tertiary alicyclic amines) is 2. The largest absolute Gasteiger partial charge is 0.383 e. The van der Waals surface area contributed by atoms with Crippen LogP contribution >= 0.6 is 0 Å². The summed E-state index contributed by atoms with van der Waals surface area (Å²) in [4.78, 5) is 5.29. The number of piperidine rings is 2. The van der Waals surface area contributed by atoms with Crippen LogP contribution in [0, 0.1) is 5.92 Å². The molecule has 2 aliphatic heterocycles. The van der Waals surface area contributed by atoms with Crippen LogP contribution in [0.1, 0.15) is 32.1 Å². The molecular formula is C16H31N3O. The minimum Gasteiger partial charge on any atom is -0.383 e. The van der Waals surface area contributed by atoms with Crippen LogP contribution in [0.25, 0.3) is 0 Å². The van der Waals surface area contributed by atoms with Gasteiger partial charge in [-0.3, -0.25) is 4.90 Å². The highest BCUT2D eigenvalue weighted by atomic mass is 16.5. The zero-order valence-corrected chi connectivity index (χ0v) is 13.2. The Morgan fingerprint density at radius 2 is 2.05 bits per heavy atom. The average Bonchev–Trinajstić information content (AvgIpc) is 3.27. The van der Waals surface area contributed by atoms with E-state index in [1.54, 1.807) is 0 Å². The van der Waals surface area contributed by atoms with Gasteiger partial charge in [0.25, 0.3) is 0 Å². The molecule has 4 nitrogen and oxygen atoms in total. The van der Waals surface area contributed by atoms with Crippen molar-refractivity contribution in [2.24, 2.45) is 5.92 Å². The van der Waals surface area contributed by atoms with Crippen molar-refractivity contribution in [1.82, 2.24) is 15.1 Å². The SMILES string of the molecule is COCC(CNC1CC1)N1CCC2C(CCCN2C)C1. The number of rotatable bonds is 6. The minimum atomic E-state index is 0.564. The van der Waals surface area contributed by atoms with E-state index in [0.29, 0.717) is 6.04 Å². The molecule has 0 aromatic carbocycles. The summed E-state index contributed by atoms with van der Waals surface area (Å²) >= 11 is 0. The maximum Gasteiger partial charge on any atom is 0.0630 e. The Kier molecular flexibility index (Phi) is 4.97. The highest BCUT2D eigenvalue weighted by Gasteiger charge is 2.36. The third-order valence-corrected chi connectivity index (χ3v) is 5.47. The van der Waals surface area contributed by atoms with Crippen molar-refractivity contribution in [1.29, 1.82) is 0 Å². The number of methoxy groups -OCH3 is 1. The molecule has 3 unspecified atom stereocenters. The van der Waals surface area contributed by atoms with Gasteiger partial charge in [-0.1, -0.05) is 0 Å². The van der Waals surface area contributed by atoms with E-state index in [9.17, 15) is 0 Å². The lowest BCUT2D eigenvalue weighted by Crippen LogP contribution is -2.57. The molecule has 116 valence electrons. The highest BCUT2D eigenvalue weighted by Crippen LogP contribution is 2.30. The highest BCUT2D eigenvalue weighted by molar-refractivity contribution is 4.92. The second kappa shape index (κ2) is 6.73. The van der Waals surface area contributed by atoms with Crippen LogP contribution in [-0.4, -0.2) is 74.9 Å². The van der Waals surface area contributed by atoms with E-state index in [1.807, 2.05) is 7.11 Å². The first-order valence-corrected chi connectivity index (χ1v) is 8.44. The quantitative estimate of drug-likeness (QED) is 0.791. The summed E-state index contributed by atoms with van der Waals surface area (Å²) in [6.45, 7) is 5.78. The normalized spacial score (nSPS) is 33.9. The molecule has 20 heavy (non-hydrogen) atoms. The third kappa shape index (κ3) is 3.53. The number of nitrogens with zero attached hydrogens (tertiary/aromatic N) is 2. The molecule has 0 amide bonds. The Morgan fingerprint density at radius 1 is 1.20 bits per heavy atom. The predicted octanol–water partition coefficient (Wildman–Crippen LogP) is 1.17. The number of ether oxygens (including phenoxy) is 1. The molecule has 2 heterocycles. The van der Waals surface area contributed by atoms with Gasteiger partial charge in [-0.2, -0.15) is 0 Å². The Morgan fingerprint density at radius 3 is 2.80 bits per heavy atom. The Bertz CT molecular complexity index is 308. The van der Waals surface area contributed by atoms with E-state index in [1.165, 1.54) is 51.7 Å². The van der Waals surface area contributed by atoms with Gasteiger partial charge < -0.3 is 15.0 Å². The van der Waals surface area contributed by atoms with Crippen molar-refractivity contribution in [2.75, 3.05) is 46.9 Å². The molecule has 3 aliphatic rings. The summed E-state index contributed by atoms with van der Waals surface area (Å²) < 4.78 is 5.47. The summed E-state index contributed by atoms with van der Waals surface area (Å²) in [5, 5.41) is 3.69. The summed E-state index contributed by atoms with van der Waals surface area (Å²) in [6, 6.07) is 2.20. The first-order valence-electron chi connectivity index (χ1n) is 8.44. The standard InChI is InChI=1S/C16H31N3O/c1-18-8-3-4-13-11-19(9-7-16(13)18)15(12-20-2)10-17-14-5-6-14/h13-17H,3-12H2,1-2H3. The summed E-state index contributed by atoms with van der Waals surface area (Å²) in [5.41, 5.74) is 0.